The molecule has 3 rings (SSSR count). The van der Waals surface area contributed by atoms with Crippen LogP contribution in [0.3, 0.4) is 0 Å². The second kappa shape index (κ2) is 8.96. The summed E-state index contributed by atoms with van der Waals surface area (Å²) in [6, 6.07) is 16.6. The van der Waals surface area contributed by atoms with Crippen molar-refractivity contribution in [1.29, 1.82) is 0 Å². The van der Waals surface area contributed by atoms with Crippen LogP contribution >= 0.6 is 11.3 Å². The first-order valence-electron chi connectivity index (χ1n) is 8.44. The molecule has 0 aliphatic carbocycles. The normalized spacial score (nSPS) is 10.3. The van der Waals surface area contributed by atoms with Gasteiger partial charge in [-0.1, -0.05) is 42.9 Å². The minimum absolute atomic E-state index is 0.349. The molecule has 2 amide bonds. The van der Waals surface area contributed by atoms with Crippen LogP contribution in [0.5, 0.6) is 5.75 Å². The Labute approximate surface area is 156 Å². The summed E-state index contributed by atoms with van der Waals surface area (Å²) in [5.41, 5.74) is 1.65. The molecule has 1 heterocycles. The average molecular weight is 368 g/mol. The minimum atomic E-state index is -0.349. The maximum absolute atomic E-state index is 12.0. The SMILES string of the molecule is CCCCOc1ccc(-c2nnc(NC(=O)Nc3ccccc3)s2)cc1. The van der Waals surface area contributed by atoms with E-state index in [9.17, 15) is 4.79 Å². The Morgan fingerprint density at radius 3 is 2.54 bits per heavy atom. The lowest BCUT2D eigenvalue weighted by atomic mass is 10.2. The highest BCUT2D eigenvalue weighted by Crippen LogP contribution is 2.28. The van der Waals surface area contributed by atoms with E-state index in [4.69, 9.17) is 4.74 Å². The van der Waals surface area contributed by atoms with Crippen LogP contribution < -0.4 is 15.4 Å². The van der Waals surface area contributed by atoms with Crippen molar-refractivity contribution in [3.8, 4) is 16.3 Å². The van der Waals surface area contributed by atoms with Crippen LogP contribution in [0.4, 0.5) is 15.6 Å². The lowest BCUT2D eigenvalue weighted by Gasteiger charge is -2.05. The number of amides is 2. The number of anilines is 2. The predicted octanol–water partition coefficient (Wildman–Crippen LogP) is 5.03. The van der Waals surface area contributed by atoms with Gasteiger partial charge in [-0.3, -0.25) is 5.32 Å². The van der Waals surface area contributed by atoms with E-state index in [0.29, 0.717) is 10.8 Å². The number of aromatic nitrogens is 2. The number of benzene rings is 2. The quantitative estimate of drug-likeness (QED) is 0.574. The molecule has 0 unspecified atom stereocenters. The van der Waals surface area contributed by atoms with Crippen LogP contribution in [-0.2, 0) is 0 Å². The number of unbranched alkanes of at least 4 members (excludes halogenated alkanes) is 1. The third-order valence-electron chi connectivity index (χ3n) is 3.55. The van der Waals surface area contributed by atoms with E-state index in [1.807, 2.05) is 54.6 Å². The number of para-hydroxylation sites is 1. The van der Waals surface area contributed by atoms with Crippen LogP contribution in [0.2, 0.25) is 0 Å². The van der Waals surface area contributed by atoms with E-state index >= 15 is 0 Å². The van der Waals surface area contributed by atoms with Gasteiger partial charge in [-0.2, -0.15) is 0 Å². The second-order valence-corrected chi connectivity index (χ2v) is 6.56. The summed E-state index contributed by atoms with van der Waals surface area (Å²) in [5.74, 6) is 0.840. The number of carbonyl (C=O) groups is 1. The van der Waals surface area contributed by atoms with E-state index in [2.05, 4.69) is 27.8 Å². The Morgan fingerprint density at radius 2 is 1.81 bits per heavy atom. The molecule has 0 fully saturated rings. The van der Waals surface area contributed by atoms with Gasteiger partial charge < -0.3 is 10.1 Å². The maximum Gasteiger partial charge on any atom is 0.325 e. The van der Waals surface area contributed by atoms with E-state index in [0.717, 1.165) is 35.8 Å². The van der Waals surface area contributed by atoms with Crippen LogP contribution in [0.25, 0.3) is 10.6 Å². The Morgan fingerprint density at radius 1 is 1.04 bits per heavy atom. The van der Waals surface area contributed by atoms with Gasteiger partial charge in [-0.15, -0.1) is 10.2 Å². The molecule has 1 aromatic heterocycles. The maximum atomic E-state index is 12.0. The van der Waals surface area contributed by atoms with Gasteiger partial charge in [-0.25, -0.2) is 4.79 Å². The lowest BCUT2D eigenvalue weighted by Crippen LogP contribution is -2.19. The largest absolute Gasteiger partial charge is 0.494 e. The molecule has 0 saturated heterocycles. The molecular formula is C19H20N4O2S. The first-order valence-corrected chi connectivity index (χ1v) is 9.26. The minimum Gasteiger partial charge on any atom is -0.494 e. The summed E-state index contributed by atoms with van der Waals surface area (Å²) in [5, 5.41) is 14.8. The Hall–Kier alpha value is -2.93. The highest BCUT2D eigenvalue weighted by atomic mass is 32.1. The molecule has 7 heteroatoms. The fourth-order valence-corrected chi connectivity index (χ4v) is 2.94. The van der Waals surface area contributed by atoms with Gasteiger partial charge in [0.05, 0.1) is 6.61 Å². The number of ether oxygens (including phenoxy) is 1. The fraction of sp³-hybridized carbons (Fsp3) is 0.211. The highest BCUT2D eigenvalue weighted by molar-refractivity contribution is 7.18. The van der Waals surface area contributed by atoms with Crippen molar-refractivity contribution in [2.75, 3.05) is 17.2 Å². The Balaban J connectivity index is 1.58. The molecule has 2 aromatic carbocycles. The number of nitrogens with one attached hydrogen (secondary N) is 2. The molecule has 0 atom stereocenters. The van der Waals surface area contributed by atoms with Crippen LogP contribution in [0, 0.1) is 0 Å². The number of nitrogens with zero attached hydrogens (tertiary/aromatic N) is 2. The second-order valence-electron chi connectivity index (χ2n) is 5.58. The smallest absolute Gasteiger partial charge is 0.325 e. The number of urea groups is 1. The monoisotopic (exact) mass is 368 g/mol. The molecule has 6 nitrogen and oxygen atoms in total. The molecule has 0 bridgehead atoms. The summed E-state index contributed by atoms with van der Waals surface area (Å²) in [6.07, 6.45) is 2.15. The van der Waals surface area contributed by atoms with Crippen molar-refractivity contribution < 1.29 is 9.53 Å². The molecule has 26 heavy (non-hydrogen) atoms. The molecule has 3 aromatic rings. The fourth-order valence-electron chi connectivity index (χ4n) is 2.20. The van der Waals surface area contributed by atoms with E-state index < -0.39 is 0 Å². The van der Waals surface area contributed by atoms with Crippen molar-refractivity contribution in [1.82, 2.24) is 10.2 Å². The summed E-state index contributed by atoms with van der Waals surface area (Å²) in [4.78, 5) is 12.0. The van der Waals surface area contributed by atoms with Gasteiger partial charge in [0.15, 0.2) is 0 Å². The van der Waals surface area contributed by atoms with Crippen molar-refractivity contribution in [2.24, 2.45) is 0 Å². The molecule has 0 aliphatic rings. The van der Waals surface area contributed by atoms with Crippen LogP contribution in [0.1, 0.15) is 19.8 Å². The Kier molecular flexibility index (Phi) is 6.16. The van der Waals surface area contributed by atoms with E-state index in [-0.39, 0.29) is 6.03 Å². The first-order chi connectivity index (χ1) is 12.7. The molecule has 0 aliphatic heterocycles. The third kappa shape index (κ3) is 5.03. The zero-order valence-electron chi connectivity index (χ0n) is 14.4. The van der Waals surface area contributed by atoms with Crippen molar-refractivity contribution in [2.45, 2.75) is 19.8 Å². The molecule has 0 saturated carbocycles. The van der Waals surface area contributed by atoms with Crippen molar-refractivity contribution >= 4 is 28.2 Å². The van der Waals surface area contributed by atoms with Gasteiger partial charge >= 0.3 is 6.03 Å². The number of hydrogen-bond donors (Lipinski definition) is 2. The number of hydrogen-bond acceptors (Lipinski definition) is 5. The lowest BCUT2D eigenvalue weighted by molar-refractivity contribution is 0.262. The third-order valence-corrected chi connectivity index (χ3v) is 4.43. The predicted molar refractivity (Wildman–Crippen MR) is 105 cm³/mol. The standard InChI is InChI=1S/C19H20N4O2S/c1-2-3-13-25-16-11-9-14(10-12-16)17-22-23-19(26-17)21-18(24)20-15-7-5-4-6-8-15/h4-12H,2-3,13H2,1H3,(H2,20,21,23,24). The summed E-state index contributed by atoms with van der Waals surface area (Å²) in [7, 11) is 0. The van der Waals surface area contributed by atoms with Gasteiger partial charge in [-0.05, 0) is 42.8 Å². The number of carbonyl (C=O) groups excluding carboxylic acids is 1. The van der Waals surface area contributed by atoms with E-state index in [1.165, 1.54) is 11.3 Å². The van der Waals surface area contributed by atoms with Crippen molar-refractivity contribution in [3.63, 3.8) is 0 Å². The summed E-state index contributed by atoms with van der Waals surface area (Å²) >= 11 is 1.32. The molecule has 2 N–H and O–H groups in total. The van der Waals surface area contributed by atoms with Crippen LogP contribution in [-0.4, -0.2) is 22.8 Å². The van der Waals surface area contributed by atoms with Crippen molar-refractivity contribution in [3.05, 3.63) is 54.6 Å². The molecule has 0 spiro atoms. The van der Waals surface area contributed by atoms with Gasteiger partial charge in [0.25, 0.3) is 0 Å². The average Bonchev–Trinajstić information content (AvgIpc) is 3.11. The van der Waals surface area contributed by atoms with E-state index in [1.54, 1.807) is 0 Å². The first kappa shape index (κ1) is 17.9. The van der Waals surface area contributed by atoms with Crippen LogP contribution in [0.15, 0.2) is 54.6 Å². The zero-order chi connectivity index (χ0) is 18.2. The molecular weight excluding hydrogens is 348 g/mol. The summed E-state index contributed by atoms with van der Waals surface area (Å²) < 4.78 is 5.65. The Bertz CT molecular complexity index is 834. The molecule has 134 valence electrons. The summed E-state index contributed by atoms with van der Waals surface area (Å²) in [6.45, 7) is 2.85. The highest BCUT2D eigenvalue weighted by Gasteiger charge is 2.10. The van der Waals surface area contributed by atoms with Gasteiger partial charge in [0.2, 0.25) is 5.13 Å². The topological polar surface area (TPSA) is 76.1 Å². The van der Waals surface area contributed by atoms with Gasteiger partial charge in [0, 0.05) is 11.3 Å². The molecule has 0 radical (unpaired) electrons. The van der Waals surface area contributed by atoms with Gasteiger partial charge in [0.1, 0.15) is 10.8 Å². The number of rotatable bonds is 7. The zero-order valence-corrected chi connectivity index (χ0v) is 15.3.